The number of piperidine rings is 1. The average Bonchev–Trinajstić information content (AvgIpc) is 2.63. The summed E-state index contributed by atoms with van der Waals surface area (Å²) in [7, 11) is 2.82. The molecule has 3 rings (SSSR count). The van der Waals surface area contributed by atoms with Gasteiger partial charge in [0.1, 0.15) is 0 Å². The molecular formula is C19H29NO9. The smallest absolute Gasteiger partial charge is 0.261 e. The lowest BCUT2D eigenvalue weighted by atomic mass is 9.67. The van der Waals surface area contributed by atoms with E-state index in [2.05, 4.69) is 0 Å². The Balaban J connectivity index is 2.25. The van der Waals surface area contributed by atoms with Crippen LogP contribution in [0.5, 0.6) is 11.5 Å². The number of hydrogen-bond donors (Lipinski definition) is 7. The van der Waals surface area contributed by atoms with Crippen molar-refractivity contribution in [3.05, 3.63) is 23.3 Å². The molecule has 0 spiro atoms. The third-order valence-electron chi connectivity index (χ3n) is 6.00. The highest BCUT2D eigenvalue weighted by Gasteiger charge is 2.79. The van der Waals surface area contributed by atoms with Crippen molar-refractivity contribution < 1.29 is 45.2 Å². The van der Waals surface area contributed by atoms with Crippen molar-refractivity contribution in [2.24, 2.45) is 5.92 Å². The second-order valence-electron chi connectivity index (χ2n) is 8.24. The number of aliphatic hydroxyl groups is 7. The summed E-state index contributed by atoms with van der Waals surface area (Å²) in [5, 5.41) is 75.9. The molecule has 2 aliphatic heterocycles. The number of hydrogen-bond acceptors (Lipinski definition) is 10. The minimum absolute atomic E-state index is 0.112. The van der Waals surface area contributed by atoms with Crippen LogP contribution in [0.1, 0.15) is 37.4 Å². The van der Waals surface area contributed by atoms with Crippen molar-refractivity contribution in [2.45, 2.75) is 55.8 Å². The van der Waals surface area contributed by atoms with Gasteiger partial charge in [0.2, 0.25) is 5.79 Å². The van der Waals surface area contributed by atoms with Gasteiger partial charge >= 0.3 is 0 Å². The van der Waals surface area contributed by atoms with Crippen molar-refractivity contribution in [3.63, 3.8) is 0 Å². The Bertz CT molecular complexity index is 792. The fraction of sp³-hybridized carbons (Fsp3) is 0.684. The number of methoxy groups -OCH3 is 2. The third kappa shape index (κ3) is 2.79. The molecule has 0 bridgehead atoms. The SMILES string of the molecule is COc1cc2c(cc1OC)C1N(CC2)C(O)(O)C(O)(CC(C)C)C(O)(O)C1(O)O. The first-order valence-corrected chi connectivity index (χ1v) is 9.34. The maximum atomic E-state index is 11.0. The molecule has 1 fully saturated rings. The van der Waals surface area contributed by atoms with Gasteiger partial charge in [-0.25, -0.2) is 4.90 Å². The molecule has 0 radical (unpaired) electrons. The maximum absolute atomic E-state index is 11.0. The lowest BCUT2D eigenvalue weighted by Crippen LogP contribution is -2.87. The highest BCUT2D eigenvalue weighted by molar-refractivity contribution is 5.50. The number of rotatable bonds is 4. The average molecular weight is 415 g/mol. The fourth-order valence-corrected chi connectivity index (χ4v) is 4.55. The topological polar surface area (TPSA) is 163 Å². The summed E-state index contributed by atoms with van der Waals surface area (Å²) < 4.78 is 10.5. The van der Waals surface area contributed by atoms with Crippen LogP contribution in [-0.2, 0) is 6.42 Å². The van der Waals surface area contributed by atoms with Gasteiger partial charge < -0.3 is 45.2 Å². The van der Waals surface area contributed by atoms with Crippen LogP contribution in [0.25, 0.3) is 0 Å². The summed E-state index contributed by atoms with van der Waals surface area (Å²) in [6.45, 7) is 3.10. The Labute approximate surface area is 168 Å². The van der Waals surface area contributed by atoms with E-state index in [0.717, 1.165) is 4.90 Å². The van der Waals surface area contributed by atoms with Crippen LogP contribution in [0.3, 0.4) is 0 Å². The van der Waals surface area contributed by atoms with E-state index in [1.165, 1.54) is 20.3 Å². The van der Waals surface area contributed by atoms with Crippen LogP contribution in [0, 0.1) is 5.92 Å². The molecule has 0 amide bonds. The van der Waals surface area contributed by atoms with E-state index in [-0.39, 0.29) is 24.3 Å². The largest absolute Gasteiger partial charge is 0.493 e. The molecule has 0 saturated carbocycles. The number of ether oxygens (including phenoxy) is 2. The molecule has 2 atom stereocenters. The van der Waals surface area contributed by atoms with E-state index in [1.807, 2.05) is 0 Å². The van der Waals surface area contributed by atoms with Gasteiger partial charge in [-0.3, -0.25) is 0 Å². The molecule has 164 valence electrons. The van der Waals surface area contributed by atoms with Crippen molar-refractivity contribution in [3.8, 4) is 11.5 Å². The van der Waals surface area contributed by atoms with Crippen LogP contribution in [0.4, 0.5) is 0 Å². The molecule has 2 unspecified atom stereocenters. The first kappa shape index (κ1) is 22.2. The van der Waals surface area contributed by atoms with E-state index >= 15 is 0 Å². The molecule has 0 aromatic heterocycles. The molecular weight excluding hydrogens is 386 g/mol. The maximum Gasteiger partial charge on any atom is 0.261 e. The van der Waals surface area contributed by atoms with Gasteiger partial charge in [-0.1, -0.05) is 13.8 Å². The fourth-order valence-electron chi connectivity index (χ4n) is 4.55. The first-order valence-electron chi connectivity index (χ1n) is 9.34. The highest BCUT2D eigenvalue weighted by atomic mass is 16.6. The van der Waals surface area contributed by atoms with Gasteiger partial charge in [0.05, 0.1) is 20.3 Å². The molecule has 1 aromatic rings. The normalized spacial score (nSPS) is 29.9. The zero-order chi connectivity index (χ0) is 22.0. The van der Waals surface area contributed by atoms with Crippen molar-refractivity contribution >= 4 is 0 Å². The summed E-state index contributed by atoms with van der Waals surface area (Å²) in [5.74, 6) is -10.0. The number of fused-ring (bicyclic) bond motifs is 3. The quantitative estimate of drug-likeness (QED) is 0.285. The zero-order valence-corrected chi connectivity index (χ0v) is 16.8. The lowest BCUT2D eigenvalue weighted by Gasteiger charge is -2.63. The van der Waals surface area contributed by atoms with Gasteiger partial charge in [0.15, 0.2) is 17.1 Å². The second kappa shape index (κ2) is 6.76. The highest BCUT2D eigenvalue weighted by Crippen LogP contribution is 2.56. The molecule has 2 heterocycles. The first-order chi connectivity index (χ1) is 13.3. The summed E-state index contributed by atoms with van der Waals surface area (Å²) >= 11 is 0. The standard InChI is InChI=1S/C19H29NO9/c1-10(2)9-16(21)18(24,25)17(22,23)15-12-8-14(29-4)13(28-3)7-11(12)5-6-20(15)19(16,26)27/h7-8,10,15,21-27H,5-6,9H2,1-4H3. The van der Waals surface area contributed by atoms with Gasteiger partial charge in [-0.15, -0.1) is 0 Å². The van der Waals surface area contributed by atoms with Crippen LogP contribution in [-0.4, -0.2) is 84.5 Å². The van der Waals surface area contributed by atoms with Gasteiger partial charge in [-0.2, -0.15) is 0 Å². The lowest BCUT2D eigenvalue weighted by molar-refractivity contribution is -0.528. The molecule has 0 aliphatic carbocycles. The van der Waals surface area contributed by atoms with Crippen LogP contribution < -0.4 is 9.47 Å². The summed E-state index contributed by atoms with van der Waals surface area (Å²) in [6, 6.07) is 1.32. The molecule has 29 heavy (non-hydrogen) atoms. The Morgan fingerprint density at radius 2 is 1.55 bits per heavy atom. The number of benzene rings is 1. The van der Waals surface area contributed by atoms with Crippen LogP contribution in [0.2, 0.25) is 0 Å². The molecule has 2 aliphatic rings. The predicted molar refractivity (Wildman–Crippen MR) is 98.6 cm³/mol. The molecule has 7 N–H and O–H groups in total. The summed E-state index contributed by atoms with van der Waals surface area (Å²) in [5.41, 5.74) is -2.34. The van der Waals surface area contributed by atoms with Crippen LogP contribution in [0.15, 0.2) is 12.1 Å². The Kier molecular flexibility index (Phi) is 5.17. The number of nitrogens with zero attached hydrogens (tertiary/aromatic N) is 1. The molecule has 1 saturated heterocycles. The van der Waals surface area contributed by atoms with E-state index in [4.69, 9.17) is 9.47 Å². The van der Waals surface area contributed by atoms with Gasteiger partial charge in [0, 0.05) is 6.54 Å². The Hall–Kier alpha value is -1.50. The Morgan fingerprint density at radius 3 is 2.07 bits per heavy atom. The van der Waals surface area contributed by atoms with Crippen molar-refractivity contribution in [1.82, 2.24) is 4.90 Å². The van der Waals surface area contributed by atoms with E-state index in [9.17, 15) is 35.7 Å². The van der Waals surface area contributed by atoms with Crippen LogP contribution >= 0.6 is 0 Å². The van der Waals surface area contributed by atoms with Crippen molar-refractivity contribution in [2.75, 3.05) is 20.8 Å². The second-order valence-corrected chi connectivity index (χ2v) is 8.24. The van der Waals surface area contributed by atoms with E-state index in [1.54, 1.807) is 19.9 Å². The van der Waals surface area contributed by atoms with Crippen molar-refractivity contribution in [1.29, 1.82) is 0 Å². The summed E-state index contributed by atoms with van der Waals surface area (Å²) in [6.07, 6.45) is -0.287. The monoisotopic (exact) mass is 415 g/mol. The minimum atomic E-state index is -3.68. The minimum Gasteiger partial charge on any atom is -0.493 e. The third-order valence-corrected chi connectivity index (χ3v) is 6.00. The zero-order valence-electron chi connectivity index (χ0n) is 16.8. The molecule has 1 aromatic carbocycles. The molecule has 10 heteroatoms. The predicted octanol–water partition coefficient (Wildman–Crippen LogP) is -1.61. The van der Waals surface area contributed by atoms with E-state index < -0.39 is 41.5 Å². The Morgan fingerprint density at radius 1 is 1.00 bits per heavy atom. The van der Waals surface area contributed by atoms with Gasteiger partial charge in [0.25, 0.3) is 11.7 Å². The van der Waals surface area contributed by atoms with E-state index in [0.29, 0.717) is 11.3 Å². The summed E-state index contributed by atoms with van der Waals surface area (Å²) in [4.78, 5) is 0.855. The van der Waals surface area contributed by atoms with Gasteiger partial charge in [-0.05, 0) is 42.0 Å². The molecule has 10 nitrogen and oxygen atoms in total.